The number of carboxylic acids is 1. The number of rotatable bonds is 10. The maximum absolute atomic E-state index is 14.8. The molecule has 1 aliphatic heterocycles. The topological polar surface area (TPSA) is 94.9 Å². The summed E-state index contributed by atoms with van der Waals surface area (Å²) in [6.45, 7) is 7.58. The van der Waals surface area contributed by atoms with Gasteiger partial charge in [-0.3, -0.25) is 4.79 Å². The molecule has 0 saturated heterocycles. The molecule has 37 heavy (non-hydrogen) atoms. The Kier molecular flexibility index (Phi) is 8.03. The van der Waals surface area contributed by atoms with Crippen LogP contribution in [0.2, 0.25) is 0 Å². The average molecular weight is 507 g/mol. The normalized spacial score (nSPS) is 14.6. The Bertz CT molecular complexity index is 1320. The summed E-state index contributed by atoms with van der Waals surface area (Å²) in [5.74, 6) is -4.38. The number of pyridine rings is 1. The summed E-state index contributed by atoms with van der Waals surface area (Å²) in [5.41, 5.74) is 1.63. The Morgan fingerprint density at radius 2 is 1.76 bits per heavy atom. The molecule has 9 heteroatoms. The molecule has 0 fully saturated rings. The number of anilines is 1. The number of nitrogens with zero attached hydrogens (tertiary/aromatic N) is 3. The Balaban J connectivity index is 1.79. The van der Waals surface area contributed by atoms with Gasteiger partial charge in [0.2, 0.25) is 0 Å². The molecule has 2 heterocycles. The van der Waals surface area contributed by atoms with Crippen LogP contribution in [0.1, 0.15) is 53.4 Å². The molecule has 4 rings (SSSR count). The van der Waals surface area contributed by atoms with E-state index >= 15 is 0 Å². The predicted molar refractivity (Wildman–Crippen MR) is 138 cm³/mol. The van der Waals surface area contributed by atoms with E-state index < -0.39 is 35.0 Å². The number of benzene rings is 2. The third-order valence-corrected chi connectivity index (χ3v) is 6.51. The lowest BCUT2D eigenvalue weighted by Crippen LogP contribution is -2.26. The van der Waals surface area contributed by atoms with Crippen LogP contribution in [0.4, 0.5) is 14.6 Å². The van der Waals surface area contributed by atoms with Crippen LogP contribution in [0, 0.1) is 11.6 Å². The quantitative estimate of drug-likeness (QED) is 0.378. The van der Waals surface area contributed by atoms with Crippen LogP contribution in [0.5, 0.6) is 0 Å². The summed E-state index contributed by atoms with van der Waals surface area (Å²) in [7, 11) is 0. The number of amides is 1. The Morgan fingerprint density at radius 3 is 2.38 bits per heavy atom. The molecule has 1 atom stereocenters. The summed E-state index contributed by atoms with van der Waals surface area (Å²) >= 11 is 0. The first-order chi connectivity index (χ1) is 17.8. The average Bonchev–Trinajstić information content (AvgIpc) is 2.89. The molecule has 0 spiro atoms. The number of hydrogen-bond donors (Lipinski definition) is 2. The van der Waals surface area contributed by atoms with Gasteiger partial charge in [0, 0.05) is 23.9 Å². The number of halogens is 2. The SMILES string of the molecule is CCN(CC)CCCNc1cc(-c2ccc(C(=O)O)cc2)c2c(n1)C(c1c(F)cccc1F)C(=O)N=C2. The number of carbonyl (C=O) groups excluding carboxylic acids is 1. The monoisotopic (exact) mass is 506 g/mol. The van der Waals surface area contributed by atoms with Crippen molar-refractivity contribution < 1.29 is 23.5 Å². The zero-order chi connectivity index (χ0) is 26.5. The van der Waals surface area contributed by atoms with Crippen molar-refractivity contribution in [3.8, 4) is 11.1 Å². The molecule has 0 saturated carbocycles. The van der Waals surface area contributed by atoms with E-state index in [9.17, 15) is 23.5 Å². The molecule has 0 aliphatic carbocycles. The van der Waals surface area contributed by atoms with Crippen molar-refractivity contribution in [2.45, 2.75) is 26.2 Å². The smallest absolute Gasteiger partial charge is 0.335 e. The first kappa shape index (κ1) is 26.1. The van der Waals surface area contributed by atoms with Crippen LogP contribution in [-0.4, -0.2) is 59.3 Å². The van der Waals surface area contributed by atoms with E-state index in [0.717, 1.165) is 38.2 Å². The summed E-state index contributed by atoms with van der Waals surface area (Å²) in [5, 5.41) is 12.5. The predicted octanol–water partition coefficient (Wildman–Crippen LogP) is 4.96. The number of carbonyl (C=O) groups is 2. The van der Waals surface area contributed by atoms with Crippen LogP contribution in [0.15, 0.2) is 53.5 Å². The highest BCUT2D eigenvalue weighted by molar-refractivity contribution is 6.06. The van der Waals surface area contributed by atoms with E-state index in [-0.39, 0.29) is 11.3 Å². The van der Waals surface area contributed by atoms with E-state index in [2.05, 4.69) is 34.0 Å². The van der Waals surface area contributed by atoms with Crippen molar-refractivity contribution in [1.29, 1.82) is 0 Å². The number of aromatic carboxylic acids is 1. The van der Waals surface area contributed by atoms with Crippen molar-refractivity contribution in [2.24, 2.45) is 4.99 Å². The Hall–Kier alpha value is -3.98. The lowest BCUT2D eigenvalue weighted by Gasteiger charge is -2.24. The summed E-state index contributed by atoms with van der Waals surface area (Å²) < 4.78 is 29.6. The van der Waals surface area contributed by atoms with E-state index in [0.29, 0.717) is 29.1 Å². The maximum Gasteiger partial charge on any atom is 0.335 e. The number of fused-ring (bicyclic) bond motifs is 1. The molecule has 7 nitrogen and oxygen atoms in total. The molecule has 0 radical (unpaired) electrons. The Labute approximate surface area is 213 Å². The number of carboxylic acid groups (broad SMARTS) is 1. The first-order valence-electron chi connectivity index (χ1n) is 12.2. The number of nitrogens with one attached hydrogen (secondary N) is 1. The van der Waals surface area contributed by atoms with Crippen LogP contribution < -0.4 is 5.32 Å². The van der Waals surface area contributed by atoms with Crippen molar-refractivity contribution in [3.05, 3.63) is 82.5 Å². The third-order valence-electron chi connectivity index (χ3n) is 6.51. The number of hydrogen-bond acceptors (Lipinski definition) is 5. The molecule has 2 N–H and O–H groups in total. The van der Waals surface area contributed by atoms with Crippen LogP contribution in [-0.2, 0) is 4.79 Å². The van der Waals surface area contributed by atoms with E-state index in [4.69, 9.17) is 0 Å². The molecule has 1 amide bonds. The van der Waals surface area contributed by atoms with Gasteiger partial charge in [-0.2, -0.15) is 0 Å². The zero-order valence-corrected chi connectivity index (χ0v) is 20.7. The van der Waals surface area contributed by atoms with E-state index in [1.165, 1.54) is 24.4 Å². The molecule has 1 aliphatic rings. The van der Waals surface area contributed by atoms with Gasteiger partial charge in [-0.1, -0.05) is 32.0 Å². The number of aliphatic imine (C=N–C) groups is 1. The van der Waals surface area contributed by atoms with Crippen LogP contribution in [0.25, 0.3) is 11.1 Å². The second kappa shape index (κ2) is 11.4. The van der Waals surface area contributed by atoms with Crippen LogP contribution in [0.3, 0.4) is 0 Å². The van der Waals surface area contributed by atoms with Crippen molar-refractivity contribution in [3.63, 3.8) is 0 Å². The van der Waals surface area contributed by atoms with Crippen LogP contribution >= 0.6 is 0 Å². The minimum absolute atomic E-state index is 0.122. The fourth-order valence-electron chi connectivity index (χ4n) is 4.48. The Morgan fingerprint density at radius 1 is 1.08 bits per heavy atom. The van der Waals surface area contributed by atoms with Gasteiger partial charge < -0.3 is 15.3 Å². The summed E-state index contributed by atoms with van der Waals surface area (Å²) in [4.78, 5) is 35.1. The van der Waals surface area contributed by atoms with Gasteiger partial charge in [-0.05, 0) is 67.5 Å². The van der Waals surface area contributed by atoms with E-state index in [1.54, 1.807) is 18.2 Å². The minimum Gasteiger partial charge on any atom is -0.478 e. The first-order valence-corrected chi connectivity index (χ1v) is 12.2. The van der Waals surface area contributed by atoms with E-state index in [1.807, 2.05) is 0 Å². The summed E-state index contributed by atoms with van der Waals surface area (Å²) in [6, 6.07) is 11.5. The highest BCUT2D eigenvalue weighted by atomic mass is 19.1. The lowest BCUT2D eigenvalue weighted by atomic mass is 9.86. The molecule has 192 valence electrons. The van der Waals surface area contributed by atoms with Gasteiger partial charge in [0.05, 0.1) is 11.3 Å². The van der Waals surface area contributed by atoms with Crippen molar-refractivity contribution in [1.82, 2.24) is 9.88 Å². The second-order valence-electron chi connectivity index (χ2n) is 8.71. The van der Waals surface area contributed by atoms with Gasteiger partial charge in [-0.25, -0.2) is 23.6 Å². The molecule has 1 unspecified atom stereocenters. The van der Waals surface area contributed by atoms with Gasteiger partial charge in [0.1, 0.15) is 23.4 Å². The van der Waals surface area contributed by atoms with Gasteiger partial charge in [0.25, 0.3) is 5.91 Å². The highest BCUT2D eigenvalue weighted by Crippen LogP contribution is 2.38. The number of aromatic nitrogens is 1. The van der Waals surface area contributed by atoms with Gasteiger partial charge in [0.15, 0.2) is 0 Å². The van der Waals surface area contributed by atoms with Crippen molar-refractivity contribution >= 4 is 23.9 Å². The molecular formula is C28H28F2N4O3. The molecule has 1 aromatic heterocycles. The summed E-state index contributed by atoms with van der Waals surface area (Å²) in [6.07, 6.45) is 2.19. The molecule has 3 aromatic rings. The molecular weight excluding hydrogens is 478 g/mol. The fraction of sp³-hybridized carbons (Fsp3) is 0.286. The molecule has 2 aromatic carbocycles. The maximum atomic E-state index is 14.8. The standard InChI is InChI=1S/C28H28F2N4O3/c1-3-34(4-2)14-6-13-31-23-15-19(17-9-11-18(12-10-17)28(36)37)20-16-32-27(35)25(26(20)33-23)24-21(29)7-5-8-22(24)30/h5,7-12,15-16,25H,3-4,6,13-14H2,1-2H3,(H,31,33)(H,36,37). The largest absolute Gasteiger partial charge is 0.478 e. The van der Waals surface area contributed by atoms with Gasteiger partial charge in [-0.15, -0.1) is 0 Å². The van der Waals surface area contributed by atoms with Crippen molar-refractivity contribution in [2.75, 3.05) is 31.5 Å². The zero-order valence-electron chi connectivity index (χ0n) is 20.7. The lowest BCUT2D eigenvalue weighted by molar-refractivity contribution is -0.118. The van der Waals surface area contributed by atoms with Gasteiger partial charge >= 0.3 is 5.97 Å². The minimum atomic E-state index is -1.35. The third kappa shape index (κ3) is 5.56. The molecule has 0 bridgehead atoms. The second-order valence-corrected chi connectivity index (χ2v) is 8.71. The fourth-order valence-corrected chi connectivity index (χ4v) is 4.48. The highest BCUT2D eigenvalue weighted by Gasteiger charge is 2.35.